The molecule has 4 rings (SSSR count). The maximum absolute atomic E-state index is 13.0. The van der Waals surface area contributed by atoms with Crippen LogP contribution in [-0.2, 0) is 18.0 Å². The minimum absolute atomic E-state index is 0.0766. The minimum atomic E-state index is -4.42. The monoisotopic (exact) mass is 404 g/mol. The van der Waals surface area contributed by atoms with Crippen LogP contribution in [0.4, 0.5) is 24.7 Å². The third-order valence-corrected chi connectivity index (χ3v) is 5.96. The highest BCUT2D eigenvalue weighted by atomic mass is 32.1. The van der Waals surface area contributed by atoms with Crippen molar-refractivity contribution in [1.29, 1.82) is 0 Å². The van der Waals surface area contributed by atoms with E-state index in [2.05, 4.69) is 0 Å². The van der Waals surface area contributed by atoms with Crippen LogP contribution in [0.1, 0.15) is 28.3 Å². The normalized spacial score (nSPS) is 16.9. The van der Waals surface area contributed by atoms with E-state index in [0.29, 0.717) is 21.9 Å². The van der Waals surface area contributed by atoms with Gasteiger partial charge in [0, 0.05) is 19.4 Å². The molecule has 0 unspecified atom stereocenters. The topological polar surface area (TPSA) is 42.3 Å². The molecule has 1 amide bonds. The molecular weight excluding hydrogens is 389 g/mol. The second-order valence-electron chi connectivity index (χ2n) is 6.56. The summed E-state index contributed by atoms with van der Waals surface area (Å²) in [6, 6.07) is 13.8. The van der Waals surface area contributed by atoms with Crippen molar-refractivity contribution in [2.24, 2.45) is 7.05 Å². The van der Waals surface area contributed by atoms with E-state index in [1.165, 1.54) is 21.6 Å². The number of hydrogen-bond donors (Lipinski definition) is 0. The Morgan fingerprint density at radius 2 is 1.64 bits per heavy atom. The van der Waals surface area contributed by atoms with Crippen molar-refractivity contribution in [1.82, 2.24) is 4.57 Å². The number of amides is 1. The average molecular weight is 404 g/mol. The van der Waals surface area contributed by atoms with E-state index in [1.54, 1.807) is 31.3 Å². The van der Waals surface area contributed by atoms with Gasteiger partial charge in [-0.3, -0.25) is 19.1 Å². The molecule has 144 valence electrons. The van der Waals surface area contributed by atoms with Crippen molar-refractivity contribution in [2.75, 3.05) is 4.90 Å². The first-order chi connectivity index (χ1) is 13.3. The summed E-state index contributed by atoms with van der Waals surface area (Å²) in [6.07, 6.45) is -4.35. The number of benzene rings is 2. The van der Waals surface area contributed by atoms with Crippen LogP contribution in [0.15, 0.2) is 59.4 Å². The number of fused-ring (bicyclic) bond motifs is 1. The van der Waals surface area contributed by atoms with Crippen molar-refractivity contribution in [2.45, 2.75) is 18.5 Å². The first-order valence-corrected chi connectivity index (χ1v) is 9.34. The standard InChI is InChI=1S/C20H15F3N2O2S/c1-24-18-17(28-19(24)27)15(12-7-9-13(10-8-12)20(21,22)23)11-16(26)25(18)14-5-3-2-4-6-14/h2-10,15H,11H2,1H3/t15-/m1/s1. The van der Waals surface area contributed by atoms with Crippen molar-refractivity contribution in [3.8, 4) is 0 Å². The number of hydrogen-bond acceptors (Lipinski definition) is 3. The molecule has 4 nitrogen and oxygen atoms in total. The predicted molar refractivity (Wildman–Crippen MR) is 101 cm³/mol. The maximum Gasteiger partial charge on any atom is 0.416 e. The van der Waals surface area contributed by atoms with Gasteiger partial charge in [0.25, 0.3) is 0 Å². The molecule has 1 aromatic heterocycles. The second kappa shape index (κ2) is 6.63. The Labute approximate surface area is 162 Å². The number of alkyl halides is 3. The molecule has 0 aliphatic carbocycles. The van der Waals surface area contributed by atoms with Gasteiger partial charge in [-0.25, -0.2) is 0 Å². The van der Waals surface area contributed by atoms with Gasteiger partial charge in [0.2, 0.25) is 5.91 Å². The van der Waals surface area contributed by atoms with Crippen LogP contribution in [0, 0.1) is 0 Å². The van der Waals surface area contributed by atoms with E-state index in [4.69, 9.17) is 0 Å². The van der Waals surface area contributed by atoms with Crippen LogP contribution in [0.25, 0.3) is 0 Å². The maximum atomic E-state index is 13.0. The fourth-order valence-electron chi connectivity index (χ4n) is 3.44. The van der Waals surface area contributed by atoms with Crippen molar-refractivity contribution < 1.29 is 18.0 Å². The largest absolute Gasteiger partial charge is 0.416 e. The molecule has 8 heteroatoms. The van der Waals surface area contributed by atoms with Gasteiger partial charge in [0.1, 0.15) is 5.82 Å². The molecule has 3 aromatic rings. The molecule has 0 bridgehead atoms. The molecule has 0 saturated carbocycles. The first kappa shape index (κ1) is 18.5. The third kappa shape index (κ3) is 3.03. The Balaban J connectivity index is 1.82. The van der Waals surface area contributed by atoms with Gasteiger partial charge >= 0.3 is 11.0 Å². The number of thiazole rings is 1. The highest BCUT2D eigenvalue weighted by molar-refractivity contribution is 7.10. The highest BCUT2D eigenvalue weighted by Gasteiger charge is 2.38. The zero-order valence-corrected chi connectivity index (χ0v) is 15.6. The number of halogens is 3. The molecule has 0 saturated heterocycles. The van der Waals surface area contributed by atoms with Crippen LogP contribution in [0.3, 0.4) is 0 Å². The van der Waals surface area contributed by atoms with E-state index in [1.807, 2.05) is 6.07 Å². The first-order valence-electron chi connectivity index (χ1n) is 8.52. The second-order valence-corrected chi connectivity index (χ2v) is 7.55. The van der Waals surface area contributed by atoms with Gasteiger partial charge in [-0.2, -0.15) is 13.2 Å². The predicted octanol–water partition coefficient (Wildman–Crippen LogP) is 4.67. The van der Waals surface area contributed by atoms with Gasteiger partial charge in [-0.05, 0) is 29.8 Å². The zero-order valence-electron chi connectivity index (χ0n) is 14.7. The Bertz CT molecular complexity index is 1090. The van der Waals surface area contributed by atoms with Crippen molar-refractivity contribution in [3.63, 3.8) is 0 Å². The number of anilines is 2. The van der Waals surface area contributed by atoms with Crippen molar-refractivity contribution >= 4 is 28.7 Å². The van der Waals surface area contributed by atoms with E-state index >= 15 is 0 Å². The summed E-state index contributed by atoms with van der Waals surface area (Å²) in [5.74, 6) is -0.192. The highest BCUT2D eigenvalue weighted by Crippen LogP contribution is 2.44. The van der Waals surface area contributed by atoms with Crippen LogP contribution in [0.2, 0.25) is 0 Å². The lowest BCUT2D eigenvalue weighted by Gasteiger charge is -2.32. The van der Waals surface area contributed by atoms with Gasteiger partial charge in [-0.1, -0.05) is 41.7 Å². The summed E-state index contributed by atoms with van der Waals surface area (Å²) in [7, 11) is 1.59. The number of para-hydroxylation sites is 1. The molecule has 1 aliphatic rings. The van der Waals surface area contributed by atoms with Gasteiger partial charge < -0.3 is 0 Å². The van der Waals surface area contributed by atoms with Gasteiger partial charge in [-0.15, -0.1) is 0 Å². The Morgan fingerprint density at radius 3 is 2.25 bits per heavy atom. The molecule has 2 aromatic carbocycles. The lowest BCUT2D eigenvalue weighted by atomic mass is 9.90. The van der Waals surface area contributed by atoms with Crippen molar-refractivity contribution in [3.05, 3.63) is 80.3 Å². The molecule has 1 atom stereocenters. The van der Waals surface area contributed by atoms with E-state index in [0.717, 1.165) is 23.5 Å². The van der Waals surface area contributed by atoms with Crippen LogP contribution < -0.4 is 9.77 Å². The molecule has 0 fully saturated rings. The van der Waals surface area contributed by atoms with Gasteiger partial charge in [0.05, 0.1) is 16.1 Å². The molecular formula is C20H15F3N2O2S. The number of rotatable bonds is 2. The number of nitrogens with zero attached hydrogens (tertiary/aromatic N) is 2. The SMILES string of the molecule is Cn1c2c(sc1=O)[C@@H](c1ccc(C(F)(F)F)cc1)CC(=O)N2c1ccccc1. The minimum Gasteiger partial charge on any atom is -0.288 e. The van der Waals surface area contributed by atoms with E-state index < -0.39 is 17.7 Å². The smallest absolute Gasteiger partial charge is 0.288 e. The quantitative estimate of drug-likeness (QED) is 0.623. The molecule has 28 heavy (non-hydrogen) atoms. The van der Waals surface area contributed by atoms with Crippen LogP contribution in [-0.4, -0.2) is 10.5 Å². The molecule has 0 radical (unpaired) electrons. The van der Waals surface area contributed by atoms with Crippen LogP contribution >= 0.6 is 11.3 Å². The fraction of sp³-hybridized carbons (Fsp3) is 0.200. The summed E-state index contributed by atoms with van der Waals surface area (Å²) in [5, 5.41) is 0. The van der Waals surface area contributed by atoms with E-state index in [9.17, 15) is 22.8 Å². The van der Waals surface area contributed by atoms with E-state index in [-0.39, 0.29) is 17.2 Å². The summed E-state index contributed by atoms with van der Waals surface area (Å²) < 4.78 is 40.0. The summed E-state index contributed by atoms with van der Waals surface area (Å²) in [5.41, 5.74) is 0.482. The third-order valence-electron chi connectivity index (χ3n) is 4.82. The van der Waals surface area contributed by atoms with Gasteiger partial charge in [0.15, 0.2) is 0 Å². The molecule has 2 heterocycles. The summed E-state index contributed by atoms with van der Waals surface area (Å²) in [4.78, 5) is 27.3. The molecule has 1 aliphatic heterocycles. The van der Waals surface area contributed by atoms with Crippen LogP contribution in [0.5, 0.6) is 0 Å². The lowest BCUT2D eigenvalue weighted by Crippen LogP contribution is -2.34. The Hall–Kier alpha value is -2.87. The number of aromatic nitrogens is 1. The Kier molecular flexibility index (Phi) is 4.38. The number of carbonyl (C=O) groups excluding carboxylic acids is 1. The molecule has 0 N–H and O–H groups in total. The average Bonchev–Trinajstić information content (AvgIpc) is 2.96. The number of carbonyl (C=O) groups is 1. The molecule has 0 spiro atoms. The zero-order chi connectivity index (χ0) is 20.1. The summed E-state index contributed by atoms with van der Waals surface area (Å²) in [6.45, 7) is 0. The summed E-state index contributed by atoms with van der Waals surface area (Å²) >= 11 is 1.02. The fourth-order valence-corrected chi connectivity index (χ4v) is 4.53. The lowest BCUT2D eigenvalue weighted by molar-refractivity contribution is -0.137. The Morgan fingerprint density at radius 1 is 1.00 bits per heavy atom.